The Balaban J connectivity index is 1.76. The van der Waals surface area contributed by atoms with Crippen molar-refractivity contribution in [2.45, 2.75) is 6.61 Å². The van der Waals surface area contributed by atoms with Crippen LogP contribution < -0.4 is 16.0 Å². The fourth-order valence-electron chi connectivity index (χ4n) is 2.45. The number of aromatic nitrogens is 2. The summed E-state index contributed by atoms with van der Waals surface area (Å²) in [4.78, 5) is 23.6. The number of ether oxygens (including phenoxy) is 1. The largest absolute Gasteiger partial charge is 0.487 e. The molecule has 5 nitrogen and oxygen atoms in total. The van der Waals surface area contributed by atoms with E-state index in [1.165, 1.54) is 17.7 Å². The van der Waals surface area contributed by atoms with E-state index < -0.39 is 0 Å². The molecule has 0 aliphatic carbocycles. The maximum Gasteiger partial charge on any atom is 0.330 e. The second kappa shape index (κ2) is 6.58. The molecule has 1 heterocycles. The van der Waals surface area contributed by atoms with E-state index in [-0.39, 0.29) is 17.9 Å². The van der Waals surface area contributed by atoms with Crippen LogP contribution in [0.5, 0.6) is 5.75 Å². The molecule has 0 atom stereocenters. The van der Waals surface area contributed by atoms with Gasteiger partial charge in [-0.15, -0.1) is 0 Å². The van der Waals surface area contributed by atoms with Crippen LogP contribution in [0, 0.1) is 0 Å². The van der Waals surface area contributed by atoms with Gasteiger partial charge in [-0.05, 0) is 23.3 Å². The predicted octanol–water partition coefficient (Wildman–Crippen LogP) is 2.33. The third kappa shape index (κ3) is 3.15. The van der Waals surface area contributed by atoms with Gasteiger partial charge in [0.05, 0.1) is 5.69 Å². The Hall–Kier alpha value is -3.08. The van der Waals surface area contributed by atoms with Gasteiger partial charge in [0.25, 0.3) is 5.56 Å². The van der Waals surface area contributed by atoms with Crippen LogP contribution in [0.1, 0.15) is 5.69 Å². The van der Waals surface area contributed by atoms with Crippen LogP contribution >= 0.6 is 0 Å². The first-order chi connectivity index (χ1) is 11.6. The van der Waals surface area contributed by atoms with E-state index in [1.807, 2.05) is 54.6 Å². The minimum atomic E-state index is -0.361. The minimum absolute atomic E-state index is 0.159. The molecular weight excluding hydrogens is 304 g/mol. The molecule has 3 aromatic rings. The van der Waals surface area contributed by atoms with Crippen molar-refractivity contribution in [3.05, 3.63) is 87.2 Å². The summed E-state index contributed by atoms with van der Waals surface area (Å²) in [6.07, 6.45) is 0. The number of rotatable bonds is 4. The quantitative estimate of drug-likeness (QED) is 0.741. The standard InChI is InChI=1S/C19H18N2O3/c1-20-16(12-18(22)21(2)19(20)23)13-24-17-10-8-15(9-11-17)14-6-4-3-5-7-14/h3-12H,13H2,1-2H3. The first kappa shape index (κ1) is 15.8. The Morgan fingerprint density at radius 3 is 2.12 bits per heavy atom. The second-order valence-corrected chi connectivity index (χ2v) is 5.55. The third-order valence-electron chi connectivity index (χ3n) is 3.97. The average molecular weight is 322 g/mol. The molecule has 0 bridgehead atoms. The molecule has 0 aliphatic heterocycles. The summed E-state index contributed by atoms with van der Waals surface area (Å²) in [5, 5.41) is 0. The first-order valence-electron chi connectivity index (χ1n) is 7.60. The van der Waals surface area contributed by atoms with E-state index in [4.69, 9.17) is 4.74 Å². The summed E-state index contributed by atoms with van der Waals surface area (Å²) in [5.41, 5.74) is 2.08. The average Bonchev–Trinajstić information content (AvgIpc) is 2.63. The smallest absolute Gasteiger partial charge is 0.330 e. The van der Waals surface area contributed by atoms with Crippen molar-refractivity contribution in [1.82, 2.24) is 9.13 Å². The number of benzene rings is 2. The van der Waals surface area contributed by atoms with Gasteiger partial charge in [-0.25, -0.2) is 4.79 Å². The Morgan fingerprint density at radius 2 is 1.46 bits per heavy atom. The van der Waals surface area contributed by atoms with Gasteiger partial charge < -0.3 is 4.74 Å². The van der Waals surface area contributed by atoms with E-state index >= 15 is 0 Å². The van der Waals surface area contributed by atoms with Crippen molar-refractivity contribution in [3.8, 4) is 16.9 Å². The fourth-order valence-corrected chi connectivity index (χ4v) is 2.45. The highest BCUT2D eigenvalue weighted by molar-refractivity contribution is 5.63. The van der Waals surface area contributed by atoms with Crippen LogP contribution in [0.3, 0.4) is 0 Å². The van der Waals surface area contributed by atoms with Crippen molar-refractivity contribution in [2.24, 2.45) is 14.1 Å². The minimum Gasteiger partial charge on any atom is -0.487 e. The molecule has 3 rings (SSSR count). The predicted molar refractivity (Wildman–Crippen MR) is 93.1 cm³/mol. The zero-order valence-corrected chi connectivity index (χ0v) is 13.6. The molecule has 0 fully saturated rings. The fraction of sp³-hybridized carbons (Fsp3) is 0.158. The lowest BCUT2D eigenvalue weighted by molar-refractivity contribution is 0.293. The maximum atomic E-state index is 11.9. The van der Waals surface area contributed by atoms with Crippen LogP contribution in [0.4, 0.5) is 0 Å². The Kier molecular flexibility index (Phi) is 4.33. The first-order valence-corrected chi connectivity index (χ1v) is 7.60. The summed E-state index contributed by atoms with van der Waals surface area (Å²) in [6, 6.07) is 19.2. The summed E-state index contributed by atoms with van der Waals surface area (Å²) >= 11 is 0. The van der Waals surface area contributed by atoms with Crippen LogP contribution in [0.25, 0.3) is 11.1 Å². The van der Waals surface area contributed by atoms with Crippen molar-refractivity contribution in [1.29, 1.82) is 0 Å². The molecule has 0 spiro atoms. The summed E-state index contributed by atoms with van der Waals surface area (Å²) < 4.78 is 8.19. The second-order valence-electron chi connectivity index (χ2n) is 5.55. The van der Waals surface area contributed by atoms with Crippen molar-refractivity contribution >= 4 is 0 Å². The highest BCUT2D eigenvalue weighted by Gasteiger charge is 2.06. The Bertz CT molecular complexity index is 955. The molecule has 0 radical (unpaired) electrons. The highest BCUT2D eigenvalue weighted by atomic mass is 16.5. The molecule has 5 heteroatoms. The van der Waals surface area contributed by atoms with E-state index in [0.29, 0.717) is 11.4 Å². The van der Waals surface area contributed by atoms with Gasteiger partial charge in [-0.3, -0.25) is 13.9 Å². The molecule has 0 amide bonds. The number of hydrogen-bond acceptors (Lipinski definition) is 3. The molecule has 24 heavy (non-hydrogen) atoms. The van der Waals surface area contributed by atoms with Crippen LogP contribution in [0.2, 0.25) is 0 Å². The lowest BCUT2D eigenvalue weighted by Crippen LogP contribution is -2.38. The van der Waals surface area contributed by atoms with Gasteiger partial charge in [-0.2, -0.15) is 0 Å². The number of nitrogens with zero attached hydrogens (tertiary/aromatic N) is 2. The van der Waals surface area contributed by atoms with Gasteiger partial charge in [0.2, 0.25) is 0 Å². The molecule has 0 unspecified atom stereocenters. The highest BCUT2D eigenvalue weighted by Crippen LogP contribution is 2.22. The third-order valence-corrected chi connectivity index (χ3v) is 3.97. The van der Waals surface area contributed by atoms with E-state index in [0.717, 1.165) is 15.7 Å². The van der Waals surface area contributed by atoms with Crippen LogP contribution in [-0.4, -0.2) is 9.13 Å². The monoisotopic (exact) mass is 322 g/mol. The van der Waals surface area contributed by atoms with E-state index in [9.17, 15) is 9.59 Å². The van der Waals surface area contributed by atoms with Crippen LogP contribution in [-0.2, 0) is 20.7 Å². The topological polar surface area (TPSA) is 53.2 Å². The molecule has 0 saturated carbocycles. The molecular formula is C19H18N2O3. The molecule has 122 valence electrons. The molecule has 0 saturated heterocycles. The van der Waals surface area contributed by atoms with Gasteiger partial charge in [0.15, 0.2) is 0 Å². The molecule has 1 aromatic heterocycles. The zero-order valence-electron chi connectivity index (χ0n) is 13.6. The maximum absolute atomic E-state index is 11.9. The van der Waals surface area contributed by atoms with Gasteiger partial charge in [-0.1, -0.05) is 42.5 Å². The van der Waals surface area contributed by atoms with Gasteiger partial charge in [0.1, 0.15) is 12.4 Å². The van der Waals surface area contributed by atoms with E-state index in [1.54, 1.807) is 7.05 Å². The summed E-state index contributed by atoms with van der Waals surface area (Å²) in [5.74, 6) is 0.683. The van der Waals surface area contributed by atoms with Crippen molar-refractivity contribution in [2.75, 3.05) is 0 Å². The Morgan fingerprint density at radius 1 is 0.833 bits per heavy atom. The number of hydrogen-bond donors (Lipinski definition) is 0. The van der Waals surface area contributed by atoms with Gasteiger partial charge in [0, 0.05) is 20.2 Å². The van der Waals surface area contributed by atoms with Crippen molar-refractivity contribution < 1.29 is 4.74 Å². The van der Waals surface area contributed by atoms with Crippen molar-refractivity contribution in [3.63, 3.8) is 0 Å². The van der Waals surface area contributed by atoms with Gasteiger partial charge >= 0.3 is 5.69 Å². The Labute approximate surface area is 139 Å². The lowest BCUT2D eigenvalue weighted by atomic mass is 10.1. The molecule has 2 aromatic carbocycles. The SMILES string of the molecule is Cn1c(COc2ccc(-c3ccccc3)cc2)cc(=O)n(C)c1=O. The van der Waals surface area contributed by atoms with E-state index in [2.05, 4.69) is 0 Å². The summed E-state index contributed by atoms with van der Waals surface area (Å²) in [6.45, 7) is 0.159. The molecule has 0 N–H and O–H groups in total. The molecule has 0 aliphatic rings. The normalized spacial score (nSPS) is 10.6. The van der Waals surface area contributed by atoms with Crippen LogP contribution in [0.15, 0.2) is 70.3 Å². The lowest BCUT2D eigenvalue weighted by Gasteiger charge is -2.11. The summed E-state index contributed by atoms with van der Waals surface area (Å²) in [7, 11) is 3.08. The zero-order chi connectivity index (χ0) is 17.1.